The summed E-state index contributed by atoms with van der Waals surface area (Å²) in [4.78, 5) is 12.2. The highest BCUT2D eigenvalue weighted by molar-refractivity contribution is 5.89. The molecule has 0 aromatic carbocycles. The van der Waals surface area contributed by atoms with Crippen molar-refractivity contribution in [1.82, 2.24) is 5.32 Å². The van der Waals surface area contributed by atoms with E-state index >= 15 is 0 Å². The SMILES string of the molecule is CCOC1CC(N)(C(=O)NC(C)CCO)C1(C)C. The van der Waals surface area contributed by atoms with E-state index in [4.69, 9.17) is 15.6 Å². The van der Waals surface area contributed by atoms with Crippen LogP contribution in [0, 0.1) is 5.41 Å². The molecule has 1 rings (SSSR count). The molecule has 0 aliphatic heterocycles. The van der Waals surface area contributed by atoms with Crippen molar-refractivity contribution in [3.63, 3.8) is 0 Å². The number of hydrogen-bond donors (Lipinski definition) is 3. The van der Waals surface area contributed by atoms with Gasteiger partial charge in [-0.2, -0.15) is 0 Å². The van der Waals surface area contributed by atoms with Crippen LogP contribution in [0.1, 0.15) is 40.5 Å². The lowest BCUT2D eigenvalue weighted by molar-refractivity contribution is -0.171. The first-order valence-corrected chi connectivity index (χ1v) is 6.62. The monoisotopic (exact) mass is 258 g/mol. The Labute approximate surface area is 109 Å². The molecule has 3 unspecified atom stereocenters. The van der Waals surface area contributed by atoms with Crippen LogP contribution in [-0.4, -0.2) is 41.9 Å². The Bertz CT molecular complexity index is 307. The summed E-state index contributed by atoms with van der Waals surface area (Å²) in [5.41, 5.74) is 4.99. The molecular formula is C13H26N2O3. The molecule has 1 amide bonds. The minimum Gasteiger partial charge on any atom is -0.396 e. The van der Waals surface area contributed by atoms with E-state index in [1.54, 1.807) is 0 Å². The molecule has 1 saturated carbocycles. The molecule has 4 N–H and O–H groups in total. The van der Waals surface area contributed by atoms with Crippen molar-refractivity contribution in [2.45, 2.75) is 58.2 Å². The van der Waals surface area contributed by atoms with Gasteiger partial charge in [-0.25, -0.2) is 0 Å². The number of carbonyl (C=O) groups is 1. The van der Waals surface area contributed by atoms with Gasteiger partial charge < -0.3 is 20.9 Å². The summed E-state index contributed by atoms with van der Waals surface area (Å²) < 4.78 is 5.59. The third-order valence-electron chi connectivity index (χ3n) is 4.17. The van der Waals surface area contributed by atoms with Crippen molar-refractivity contribution in [2.24, 2.45) is 11.1 Å². The average Bonchev–Trinajstić information content (AvgIpc) is 2.28. The number of rotatable bonds is 6. The van der Waals surface area contributed by atoms with Gasteiger partial charge in [0, 0.05) is 31.1 Å². The van der Waals surface area contributed by atoms with E-state index in [0.29, 0.717) is 19.4 Å². The smallest absolute Gasteiger partial charge is 0.241 e. The van der Waals surface area contributed by atoms with Gasteiger partial charge in [0.1, 0.15) is 5.54 Å². The zero-order chi connectivity index (χ0) is 14.0. The fraction of sp³-hybridized carbons (Fsp3) is 0.923. The molecule has 0 heterocycles. The van der Waals surface area contributed by atoms with Gasteiger partial charge in [0.05, 0.1) is 6.10 Å². The molecule has 0 radical (unpaired) electrons. The first kappa shape index (κ1) is 15.4. The highest BCUT2D eigenvalue weighted by Crippen LogP contribution is 2.49. The van der Waals surface area contributed by atoms with Crippen LogP contribution in [0.2, 0.25) is 0 Å². The molecule has 5 heteroatoms. The van der Waals surface area contributed by atoms with E-state index in [9.17, 15) is 4.79 Å². The lowest BCUT2D eigenvalue weighted by atomic mass is 9.54. The van der Waals surface area contributed by atoms with E-state index in [1.807, 2.05) is 27.7 Å². The van der Waals surface area contributed by atoms with E-state index in [0.717, 1.165) is 0 Å². The van der Waals surface area contributed by atoms with E-state index in [2.05, 4.69) is 5.32 Å². The molecule has 5 nitrogen and oxygen atoms in total. The maximum Gasteiger partial charge on any atom is 0.241 e. The molecule has 0 spiro atoms. The predicted molar refractivity (Wildman–Crippen MR) is 70.0 cm³/mol. The second kappa shape index (κ2) is 5.55. The molecule has 0 saturated heterocycles. The molecule has 1 aliphatic rings. The van der Waals surface area contributed by atoms with Crippen molar-refractivity contribution < 1.29 is 14.6 Å². The summed E-state index contributed by atoms with van der Waals surface area (Å²) in [6.45, 7) is 8.43. The third kappa shape index (κ3) is 2.53. The van der Waals surface area contributed by atoms with Crippen LogP contribution in [0.5, 0.6) is 0 Å². The molecule has 1 aliphatic carbocycles. The molecule has 3 atom stereocenters. The fourth-order valence-corrected chi connectivity index (χ4v) is 2.44. The van der Waals surface area contributed by atoms with E-state index in [1.165, 1.54) is 0 Å². The van der Waals surface area contributed by atoms with Crippen molar-refractivity contribution >= 4 is 5.91 Å². The summed E-state index contributed by atoms with van der Waals surface area (Å²) in [7, 11) is 0. The predicted octanol–water partition coefficient (Wildman–Crippen LogP) is 0.406. The highest BCUT2D eigenvalue weighted by atomic mass is 16.5. The summed E-state index contributed by atoms with van der Waals surface area (Å²) in [5, 5.41) is 11.7. The topological polar surface area (TPSA) is 84.6 Å². The number of nitrogens with one attached hydrogen (secondary N) is 1. The molecule has 106 valence electrons. The van der Waals surface area contributed by atoms with Gasteiger partial charge in [0.2, 0.25) is 5.91 Å². The van der Waals surface area contributed by atoms with Gasteiger partial charge in [0.25, 0.3) is 0 Å². The molecule has 0 aromatic heterocycles. The van der Waals surface area contributed by atoms with Gasteiger partial charge >= 0.3 is 0 Å². The van der Waals surface area contributed by atoms with Crippen molar-refractivity contribution in [3.8, 4) is 0 Å². The Morgan fingerprint density at radius 1 is 1.61 bits per heavy atom. The number of ether oxygens (including phenoxy) is 1. The Hall–Kier alpha value is -0.650. The van der Waals surface area contributed by atoms with Crippen LogP contribution in [0.25, 0.3) is 0 Å². The number of carbonyl (C=O) groups excluding carboxylic acids is 1. The Balaban J connectivity index is 2.63. The number of amides is 1. The van der Waals surface area contributed by atoms with Crippen LogP contribution in [0.4, 0.5) is 0 Å². The third-order valence-corrected chi connectivity index (χ3v) is 4.17. The molecule has 1 fully saturated rings. The Morgan fingerprint density at radius 2 is 2.22 bits per heavy atom. The fourth-order valence-electron chi connectivity index (χ4n) is 2.44. The van der Waals surface area contributed by atoms with Crippen molar-refractivity contribution in [1.29, 1.82) is 0 Å². The summed E-state index contributed by atoms with van der Waals surface area (Å²) in [5.74, 6) is -0.149. The standard InChI is InChI=1S/C13H26N2O3/c1-5-18-10-8-13(14,12(10,3)4)11(17)15-9(2)6-7-16/h9-10,16H,5-8,14H2,1-4H3,(H,15,17). The van der Waals surface area contributed by atoms with Gasteiger partial charge in [-0.3, -0.25) is 4.79 Å². The maximum absolute atomic E-state index is 12.2. The number of nitrogens with two attached hydrogens (primary N) is 1. The largest absolute Gasteiger partial charge is 0.396 e. The number of hydrogen-bond acceptors (Lipinski definition) is 4. The lowest BCUT2D eigenvalue weighted by Crippen LogP contribution is -2.76. The second-order valence-electron chi connectivity index (χ2n) is 5.73. The molecular weight excluding hydrogens is 232 g/mol. The Kier molecular flexibility index (Phi) is 4.75. The van der Waals surface area contributed by atoms with Gasteiger partial charge in [0.15, 0.2) is 0 Å². The molecule has 0 aromatic rings. The minimum absolute atomic E-state index is 0.0337. The summed E-state index contributed by atoms with van der Waals surface area (Å²) in [6.07, 6.45) is 1.12. The average molecular weight is 258 g/mol. The van der Waals surface area contributed by atoms with Gasteiger partial charge in [-0.15, -0.1) is 0 Å². The van der Waals surface area contributed by atoms with Crippen LogP contribution < -0.4 is 11.1 Å². The number of aliphatic hydroxyl groups is 1. The van der Waals surface area contributed by atoms with Crippen molar-refractivity contribution in [3.05, 3.63) is 0 Å². The first-order chi connectivity index (χ1) is 8.29. The van der Waals surface area contributed by atoms with Crippen LogP contribution in [0.15, 0.2) is 0 Å². The molecule has 18 heavy (non-hydrogen) atoms. The zero-order valence-corrected chi connectivity index (χ0v) is 11.8. The first-order valence-electron chi connectivity index (χ1n) is 6.62. The zero-order valence-electron chi connectivity index (χ0n) is 11.8. The second-order valence-corrected chi connectivity index (χ2v) is 5.73. The minimum atomic E-state index is -0.878. The Morgan fingerprint density at radius 3 is 2.67 bits per heavy atom. The van der Waals surface area contributed by atoms with Gasteiger partial charge in [-0.05, 0) is 20.3 Å². The maximum atomic E-state index is 12.2. The van der Waals surface area contributed by atoms with Crippen LogP contribution >= 0.6 is 0 Å². The normalized spacial score (nSPS) is 31.6. The van der Waals surface area contributed by atoms with Crippen molar-refractivity contribution in [2.75, 3.05) is 13.2 Å². The quantitative estimate of drug-likeness (QED) is 0.644. The summed E-state index contributed by atoms with van der Waals surface area (Å²) >= 11 is 0. The lowest BCUT2D eigenvalue weighted by Gasteiger charge is -2.57. The summed E-state index contributed by atoms with van der Waals surface area (Å²) in [6, 6.07) is -0.0649. The van der Waals surface area contributed by atoms with Crippen LogP contribution in [-0.2, 0) is 9.53 Å². The van der Waals surface area contributed by atoms with E-state index < -0.39 is 5.54 Å². The van der Waals surface area contributed by atoms with E-state index in [-0.39, 0.29) is 30.1 Å². The highest BCUT2D eigenvalue weighted by Gasteiger charge is 2.62. The molecule has 0 bridgehead atoms. The van der Waals surface area contributed by atoms with Crippen LogP contribution in [0.3, 0.4) is 0 Å². The van der Waals surface area contributed by atoms with Gasteiger partial charge in [-0.1, -0.05) is 13.8 Å². The number of aliphatic hydroxyl groups excluding tert-OH is 1.